The van der Waals surface area contributed by atoms with Gasteiger partial charge in [-0.05, 0) is 18.7 Å². The predicted molar refractivity (Wildman–Crippen MR) is 66.1 cm³/mol. The summed E-state index contributed by atoms with van der Waals surface area (Å²) in [5.74, 6) is -0.1000. The maximum atomic E-state index is 10.7. The van der Waals surface area contributed by atoms with Crippen molar-refractivity contribution in [1.29, 1.82) is 0 Å². The molecule has 0 aliphatic heterocycles. The molecule has 0 saturated heterocycles. The van der Waals surface area contributed by atoms with Crippen molar-refractivity contribution in [2.24, 2.45) is 0 Å². The standard InChI is InChI=1S/C12H14N4O3/c1-2-16(8-11(17)18)7-10-14-12(15-19-10)9-5-3-4-6-13-9/h3-6H,2,7-8H2,1H3,(H,17,18). The molecule has 2 aromatic rings. The molecule has 0 unspecified atom stereocenters. The molecule has 0 saturated carbocycles. The van der Waals surface area contributed by atoms with Crippen molar-refractivity contribution < 1.29 is 14.4 Å². The lowest BCUT2D eigenvalue weighted by atomic mass is 10.3. The van der Waals surface area contributed by atoms with E-state index in [9.17, 15) is 4.79 Å². The maximum absolute atomic E-state index is 10.7. The van der Waals surface area contributed by atoms with Gasteiger partial charge < -0.3 is 9.63 Å². The van der Waals surface area contributed by atoms with Crippen LogP contribution >= 0.6 is 0 Å². The molecule has 0 bridgehead atoms. The summed E-state index contributed by atoms with van der Waals surface area (Å²) in [6.45, 7) is 2.72. The monoisotopic (exact) mass is 262 g/mol. The third-order valence-corrected chi connectivity index (χ3v) is 2.53. The summed E-state index contributed by atoms with van der Waals surface area (Å²) in [4.78, 5) is 20.7. The van der Waals surface area contributed by atoms with Crippen LogP contribution in [0.4, 0.5) is 0 Å². The lowest BCUT2D eigenvalue weighted by Crippen LogP contribution is -2.29. The van der Waals surface area contributed by atoms with E-state index in [1.807, 2.05) is 13.0 Å². The predicted octanol–water partition coefficient (Wildman–Crippen LogP) is 1.04. The Morgan fingerprint density at radius 1 is 1.47 bits per heavy atom. The normalized spacial score (nSPS) is 10.8. The van der Waals surface area contributed by atoms with Gasteiger partial charge in [0.25, 0.3) is 0 Å². The molecule has 2 aromatic heterocycles. The molecule has 0 spiro atoms. The van der Waals surface area contributed by atoms with E-state index in [1.54, 1.807) is 23.2 Å². The second-order valence-corrected chi connectivity index (χ2v) is 3.92. The largest absolute Gasteiger partial charge is 0.480 e. The highest BCUT2D eigenvalue weighted by atomic mass is 16.5. The molecular weight excluding hydrogens is 248 g/mol. The minimum atomic E-state index is -0.883. The van der Waals surface area contributed by atoms with Crippen molar-refractivity contribution >= 4 is 5.97 Å². The quantitative estimate of drug-likeness (QED) is 0.831. The Morgan fingerprint density at radius 3 is 2.95 bits per heavy atom. The Labute approximate surface area is 109 Å². The summed E-state index contributed by atoms with van der Waals surface area (Å²) in [6, 6.07) is 5.42. The van der Waals surface area contributed by atoms with Gasteiger partial charge in [-0.25, -0.2) is 0 Å². The molecule has 2 heterocycles. The van der Waals surface area contributed by atoms with E-state index in [-0.39, 0.29) is 6.54 Å². The zero-order chi connectivity index (χ0) is 13.7. The highest BCUT2D eigenvalue weighted by molar-refractivity contribution is 5.69. The summed E-state index contributed by atoms with van der Waals surface area (Å²) in [5.41, 5.74) is 0.624. The number of aliphatic carboxylic acids is 1. The fourth-order valence-electron chi connectivity index (χ4n) is 1.58. The van der Waals surface area contributed by atoms with Crippen LogP contribution < -0.4 is 0 Å². The number of nitrogens with zero attached hydrogens (tertiary/aromatic N) is 4. The van der Waals surface area contributed by atoms with Crippen LogP contribution in [-0.2, 0) is 11.3 Å². The maximum Gasteiger partial charge on any atom is 0.317 e. The number of aromatic nitrogens is 3. The first-order valence-corrected chi connectivity index (χ1v) is 5.87. The van der Waals surface area contributed by atoms with Crippen LogP contribution in [0.2, 0.25) is 0 Å². The van der Waals surface area contributed by atoms with Crippen molar-refractivity contribution in [2.45, 2.75) is 13.5 Å². The molecule has 0 amide bonds. The molecule has 19 heavy (non-hydrogen) atoms. The molecule has 0 fully saturated rings. The van der Waals surface area contributed by atoms with Crippen LogP contribution in [0.25, 0.3) is 11.5 Å². The first kappa shape index (κ1) is 13.2. The summed E-state index contributed by atoms with van der Waals surface area (Å²) < 4.78 is 5.10. The molecule has 0 aliphatic carbocycles. The van der Waals surface area contributed by atoms with Crippen LogP contribution in [0, 0.1) is 0 Å². The third kappa shape index (κ3) is 3.59. The molecule has 1 N–H and O–H groups in total. The molecule has 7 nitrogen and oxygen atoms in total. The van der Waals surface area contributed by atoms with E-state index < -0.39 is 5.97 Å². The van der Waals surface area contributed by atoms with Gasteiger partial charge in [0.2, 0.25) is 11.7 Å². The number of hydrogen-bond acceptors (Lipinski definition) is 6. The molecule has 0 radical (unpaired) electrons. The van der Waals surface area contributed by atoms with Gasteiger partial charge in [-0.15, -0.1) is 0 Å². The Kier molecular flexibility index (Phi) is 4.19. The highest BCUT2D eigenvalue weighted by Crippen LogP contribution is 2.12. The van der Waals surface area contributed by atoms with Gasteiger partial charge >= 0.3 is 5.97 Å². The van der Waals surface area contributed by atoms with E-state index in [2.05, 4.69) is 15.1 Å². The number of hydrogen-bond donors (Lipinski definition) is 1. The highest BCUT2D eigenvalue weighted by Gasteiger charge is 2.14. The van der Waals surface area contributed by atoms with Crippen molar-refractivity contribution in [3.63, 3.8) is 0 Å². The Bertz CT molecular complexity index is 541. The molecule has 7 heteroatoms. The van der Waals surface area contributed by atoms with Gasteiger partial charge in [-0.2, -0.15) is 4.98 Å². The van der Waals surface area contributed by atoms with Gasteiger partial charge in [0, 0.05) is 6.20 Å². The van der Waals surface area contributed by atoms with Crippen molar-refractivity contribution in [3.8, 4) is 11.5 Å². The number of carbonyl (C=O) groups is 1. The lowest BCUT2D eigenvalue weighted by molar-refractivity contribution is -0.138. The van der Waals surface area contributed by atoms with Gasteiger partial charge in [-0.3, -0.25) is 14.7 Å². The van der Waals surface area contributed by atoms with Crippen LogP contribution in [0.3, 0.4) is 0 Å². The number of carboxylic acid groups (broad SMARTS) is 1. The zero-order valence-corrected chi connectivity index (χ0v) is 10.5. The number of pyridine rings is 1. The van der Waals surface area contributed by atoms with Crippen molar-refractivity contribution in [3.05, 3.63) is 30.3 Å². The van der Waals surface area contributed by atoms with Crippen LogP contribution in [0.5, 0.6) is 0 Å². The number of carboxylic acids is 1. The summed E-state index contributed by atoms with van der Waals surface area (Å²) in [6.07, 6.45) is 1.65. The van der Waals surface area contributed by atoms with E-state index in [1.165, 1.54) is 0 Å². The fraction of sp³-hybridized carbons (Fsp3) is 0.333. The summed E-state index contributed by atoms with van der Waals surface area (Å²) >= 11 is 0. The lowest BCUT2D eigenvalue weighted by Gasteiger charge is -2.14. The Morgan fingerprint density at radius 2 is 2.32 bits per heavy atom. The van der Waals surface area contributed by atoms with Gasteiger partial charge in [0.15, 0.2) is 0 Å². The summed E-state index contributed by atoms with van der Waals surface area (Å²) in [5, 5.41) is 12.6. The second-order valence-electron chi connectivity index (χ2n) is 3.92. The van der Waals surface area contributed by atoms with E-state index in [0.29, 0.717) is 30.5 Å². The molecule has 0 aromatic carbocycles. The van der Waals surface area contributed by atoms with Crippen LogP contribution in [-0.4, -0.2) is 44.2 Å². The van der Waals surface area contributed by atoms with Crippen molar-refractivity contribution in [2.75, 3.05) is 13.1 Å². The second kappa shape index (κ2) is 6.05. The fourth-order valence-corrected chi connectivity index (χ4v) is 1.58. The first-order chi connectivity index (χ1) is 9.19. The SMILES string of the molecule is CCN(CC(=O)O)Cc1nc(-c2ccccn2)no1. The average molecular weight is 262 g/mol. The number of likely N-dealkylation sites (N-methyl/N-ethyl adjacent to an activating group) is 1. The molecule has 2 rings (SSSR count). The Hall–Kier alpha value is -2.28. The zero-order valence-electron chi connectivity index (χ0n) is 10.5. The minimum absolute atomic E-state index is 0.0577. The topological polar surface area (TPSA) is 92.4 Å². The molecule has 0 aliphatic rings. The number of rotatable bonds is 6. The van der Waals surface area contributed by atoms with E-state index in [0.717, 1.165) is 0 Å². The Balaban J connectivity index is 2.07. The molecule has 100 valence electrons. The van der Waals surface area contributed by atoms with E-state index in [4.69, 9.17) is 9.63 Å². The van der Waals surface area contributed by atoms with Crippen molar-refractivity contribution in [1.82, 2.24) is 20.0 Å². The van der Waals surface area contributed by atoms with E-state index >= 15 is 0 Å². The average Bonchev–Trinajstić information content (AvgIpc) is 2.87. The third-order valence-electron chi connectivity index (χ3n) is 2.53. The van der Waals surface area contributed by atoms with Gasteiger partial charge in [0.05, 0.1) is 13.1 Å². The van der Waals surface area contributed by atoms with Crippen LogP contribution in [0.1, 0.15) is 12.8 Å². The smallest absolute Gasteiger partial charge is 0.317 e. The van der Waals surface area contributed by atoms with Gasteiger partial charge in [0.1, 0.15) is 5.69 Å². The van der Waals surface area contributed by atoms with Crippen LogP contribution in [0.15, 0.2) is 28.9 Å². The summed E-state index contributed by atoms with van der Waals surface area (Å²) in [7, 11) is 0. The first-order valence-electron chi connectivity index (χ1n) is 5.87. The van der Waals surface area contributed by atoms with Gasteiger partial charge in [-0.1, -0.05) is 18.1 Å². The minimum Gasteiger partial charge on any atom is -0.480 e. The molecular formula is C12H14N4O3. The molecule has 0 atom stereocenters.